The Balaban J connectivity index is 1.35. The van der Waals surface area contributed by atoms with E-state index in [0.29, 0.717) is 44.3 Å². The third kappa shape index (κ3) is 6.71. The lowest BCUT2D eigenvalue weighted by molar-refractivity contribution is -0.0647. The molecule has 0 spiro atoms. The van der Waals surface area contributed by atoms with Crippen molar-refractivity contribution in [2.45, 2.75) is 25.6 Å². The van der Waals surface area contributed by atoms with Gasteiger partial charge in [-0.25, -0.2) is 13.8 Å². The van der Waals surface area contributed by atoms with Gasteiger partial charge in [-0.3, -0.25) is 4.90 Å². The van der Waals surface area contributed by atoms with E-state index in [0.717, 1.165) is 23.5 Å². The third-order valence-corrected chi connectivity index (χ3v) is 5.99. The maximum atomic E-state index is 13.5. The molecule has 0 aliphatic carbocycles. The van der Waals surface area contributed by atoms with Crippen molar-refractivity contribution in [2.24, 2.45) is 0 Å². The van der Waals surface area contributed by atoms with Gasteiger partial charge in [0.2, 0.25) is 0 Å². The largest absolute Gasteiger partial charge is 0.493 e. The van der Waals surface area contributed by atoms with Gasteiger partial charge in [0.05, 0.1) is 26.9 Å². The molecule has 1 atom stereocenters. The number of nitrogens with zero attached hydrogens (tertiary/aromatic N) is 3. The molecule has 194 valence electrons. The van der Waals surface area contributed by atoms with Crippen molar-refractivity contribution in [3.63, 3.8) is 0 Å². The molecule has 8 nitrogen and oxygen atoms in total. The fourth-order valence-electron chi connectivity index (χ4n) is 4.09. The van der Waals surface area contributed by atoms with Crippen molar-refractivity contribution in [3.05, 3.63) is 71.8 Å². The summed E-state index contributed by atoms with van der Waals surface area (Å²) in [4.78, 5) is 6.26. The van der Waals surface area contributed by atoms with Gasteiger partial charge in [-0.2, -0.15) is 0 Å². The van der Waals surface area contributed by atoms with Crippen LogP contribution in [-0.4, -0.2) is 71.8 Å². The minimum absolute atomic E-state index is 0.0691. The molecule has 1 fully saturated rings. The highest BCUT2D eigenvalue weighted by Crippen LogP contribution is 2.29. The summed E-state index contributed by atoms with van der Waals surface area (Å²) in [5, 5.41) is 11.1. The first kappa shape index (κ1) is 25.9. The molecule has 1 aliphatic heterocycles. The predicted octanol–water partition coefficient (Wildman–Crippen LogP) is 3.20. The number of rotatable bonds is 10. The van der Waals surface area contributed by atoms with Crippen molar-refractivity contribution >= 4 is 0 Å². The van der Waals surface area contributed by atoms with E-state index >= 15 is 0 Å². The van der Waals surface area contributed by atoms with Crippen LogP contribution in [-0.2, 0) is 17.8 Å². The minimum Gasteiger partial charge on any atom is -0.493 e. The Kier molecular flexibility index (Phi) is 8.40. The van der Waals surface area contributed by atoms with E-state index in [1.165, 1.54) is 6.07 Å². The molecule has 1 unspecified atom stereocenters. The second-order valence-corrected chi connectivity index (χ2v) is 8.85. The lowest BCUT2D eigenvalue weighted by Crippen LogP contribution is -2.48. The average molecular weight is 504 g/mol. The third-order valence-electron chi connectivity index (χ3n) is 5.99. The number of imidazole rings is 1. The molecular weight excluding hydrogens is 472 g/mol. The summed E-state index contributed by atoms with van der Waals surface area (Å²) in [5.74, 6) is 0.383. The molecule has 0 radical (unpaired) electrons. The maximum Gasteiger partial charge on any atom is 0.162 e. The van der Waals surface area contributed by atoms with E-state index in [-0.39, 0.29) is 25.5 Å². The zero-order valence-corrected chi connectivity index (χ0v) is 20.5. The summed E-state index contributed by atoms with van der Waals surface area (Å²) >= 11 is 0. The Labute approximate surface area is 209 Å². The number of benzene rings is 2. The zero-order valence-electron chi connectivity index (χ0n) is 20.5. The standard InChI is InChI=1S/C26H31F2N3O5/c1-19-29-7-8-31(19)10-12-35-24-6-3-20(13-25(24)33-2)15-30-9-11-34-17-26(32,16-30)18-36-21-4-5-22(27)23(28)14-21/h3-8,13-14,32H,9-12,15-18H2,1-2H3. The van der Waals surface area contributed by atoms with E-state index < -0.39 is 17.2 Å². The SMILES string of the molecule is COc1cc(CN2CCOCC(O)(COc3ccc(F)c(F)c3)C2)ccc1OCCn1ccnc1C. The number of ether oxygens (including phenoxy) is 4. The van der Waals surface area contributed by atoms with E-state index in [4.69, 9.17) is 18.9 Å². The fraction of sp³-hybridized carbons (Fsp3) is 0.423. The Hall–Kier alpha value is -3.21. The fourth-order valence-corrected chi connectivity index (χ4v) is 4.09. The second-order valence-electron chi connectivity index (χ2n) is 8.85. The number of hydrogen-bond acceptors (Lipinski definition) is 7. The lowest BCUT2D eigenvalue weighted by atomic mass is 10.1. The number of aryl methyl sites for hydroxylation is 1. The number of aromatic nitrogens is 2. The van der Waals surface area contributed by atoms with Crippen LogP contribution in [0.2, 0.25) is 0 Å². The Morgan fingerprint density at radius 2 is 1.97 bits per heavy atom. The summed E-state index contributed by atoms with van der Waals surface area (Å²) in [7, 11) is 1.60. The van der Waals surface area contributed by atoms with Gasteiger partial charge < -0.3 is 28.6 Å². The molecule has 3 aromatic rings. The minimum atomic E-state index is -1.32. The number of methoxy groups -OCH3 is 1. The highest BCUT2D eigenvalue weighted by molar-refractivity contribution is 5.43. The normalized spacial score (nSPS) is 18.6. The van der Waals surface area contributed by atoms with Gasteiger partial charge in [0, 0.05) is 38.1 Å². The molecule has 10 heteroatoms. The molecule has 0 saturated carbocycles. The highest BCUT2D eigenvalue weighted by atomic mass is 19.2. The van der Waals surface area contributed by atoms with E-state index in [9.17, 15) is 13.9 Å². The summed E-state index contributed by atoms with van der Waals surface area (Å²) in [5.41, 5.74) is -0.338. The second kappa shape index (κ2) is 11.7. The van der Waals surface area contributed by atoms with Crippen LogP contribution >= 0.6 is 0 Å². The zero-order chi connectivity index (χ0) is 25.5. The van der Waals surface area contributed by atoms with E-state index in [1.54, 1.807) is 13.3 Å². The van der Waals surface area contributed by atoms with Gasteiger partial charge in [-0.15, -0.1) is 0 Å². The monoisotopic (exact) mass is 503 g/mol. The van der Waals surface area contributed by atoms with E-state index in [2.05, 4.69) is 9.88 Å². The molecule has 1 saturated heterocycles. The lowest BCUT2D eigenvalue weighted by Gasteiger charge is -2.30. The number of halogens is 2. The van der Waals surface area contributed by atoms with Crippen LogP contribution in [0, 0.1) is 18.6 Å². The van der Waals surface area contributed by atoms with Gasteiger partial charge in [-0.05, 0) is 36.8 Å². The van der Waals surface area contributed by atoms with Crippen LogP contribution in [0.3, 0.4) is 0 Å². The van der Waals surface area contributed by atoms with Crippen LogP contribution in [0.15, 0.2) is 48.8 Å². The van der Waals surface area contributed by atoms with Crippen LogP contribution in [0.4, 0.5) is 8.78 Å². The van der Waals surface area contributed by atoms with Gasteiger partial charge in [-0.1, -0.05) is 6.07 Å². The Morgan fingerprint density at radius 3 is 2.72 bits per heavy atom. The molecule has 0 amide bonds. The first-order valence-electron chi connectivity index (χ1n) is 11.7. The molecule has 1 aromatic heterocycles. The molecule has 1 N–H and O–H groups in total. The van der Waals surface area contributed by atoms with Crippen molar-refractivity contribution in [2.75, 3.05) is 46.6 Å². The summed E-state index contributed by atoms with van der Waals surface area (Å²) < 4.78 is 51.3. The van der Waals surface area contributed by atoms with Crippen molar-refractivity contribution in [1.82, 2.24) is 14.5 Å². The van der Waals surface area contributed by atoms with Crippen LogP contribution in [0.25, 0.3) is 0 Å². The molecule has 2 aromatic carbocycles. The summed E-state index contributed by atoms with van der Waals surface area (Å²) in [6.07, 6.45) is 3.67. The molecule has 0 bridgehead atoms. The van der Waals surface area contributed by atoms with Crippen LogP contribution in [0.5, 0.6) is 17.2 Å². The van der Waals surface area contributed by atoms with Gasteiger partial charge in [0.25, 0.3) is 0 Å². The number of hydrogen-bond donors (Lipinski definition) is 1. The van der Waals surface area contributed by atoms with Crippen LogP contribution < -0.4 is 14.2 Å². The Bertz CT molecular complexity index is 1160. The number of β-amino-alcohol motifs (C(OH)–C–C–N with tert-alkyl or cyclic N) is 1. The molecule has 2 heterocycles. The first-order chi connectivity index (χ1) is 17.3. The maximum absolute atomic E-state index is 13.5. The molecular formula is C26H31F2N3O5. The van der Waals surface area contributed by atoms with Crippen molar-refractivity contribution in [3.8, 4) is 17.2 Å². The quantitative estimate of drug-likeness (QED) is 0.455. The molecule has 36 heavy (non-hydrogen) atoms. The number of aliphatic hydroxyl groups is 1. The smallest absolute Gasteiger partial charge is 0.162 e. The molecule has 4 rings (SSSR count). The van der Waals surface area contributed by atoms with Crippen LogP contribution in [0.1, 0.15) is 11.4 Å². The van der Waals surface area contributed by atoms with Gasteiger partial charge in [0.15, 0.2) is 23.1 Å². The topological polar surface area (TPSA) is 78.2 Å². The van der Waals surface area contributed by atoms with Gasteiger partial charge >= 0.3 is 0 Å². The highest BCUT2D eigenvalue weighted by Gasteiger charge is 2.33. The van der Waals surface area contributed by atoms with Crippen molar-refractivity contribution in [1.29, 1.82) is 0 Å². The summed E-state index contributed by atoms with van der Waals surface area (Å²) in [6, 6.07) is 9.03. The first-order valence-corrected chi connectivity index (χ1v) is 11.7. The van der Waals surface area contributed by atoms with E-state index in [1.807, 2.05) is 35.9 Å². The average Bonchev–Trinajstić information content (AvgIpc) is 3.18. The van der Waals surface area contributed by atoms with Gasteiger partial charge in [0.1, 0.15) is 30.4 Å². The summed E-state index contributed by atoms with van der Waals surface area (Å²) in [6.45, 7) is 4.91. The predicted molar refractivity (Wildman–Crippen MR) is 128 cm³/mol. The van der Waals surface area contributed by atoms with Crippen molar-refractivity contribution < 1.29 is 32.8 Å². The molecule has 1 aliphatic rings. The Morgan fingerprint density at radius 1 is 1.11 bits per heavy atom.